The molecule has 8 nitrogen and oxygen atoms in total. The maximum Gasteiger partial charge on any atom is 0.331 e. The molecule has 1 fully saturated rings. The second kappa shape index (κ2) is 6.27. The zero-order valence-electron chi connectivity index (χ0n) is 14.8. The summed E-state index contributed by atoms with van der Waals surface area (Å²) in [6.45, 7) is 4.87. The van der Waals surface area contributed by atoms with Gasteiger partial charge >= 0.3 is 5.69 Å². The summed E-state index contributed by atoms with van der Waals surface area (Å²) < 4.78 is 2.19. The first kappa shape index (κ1) is 17.1. The van der Waals surface area contributed by atoms with E-state index in [2.05, 4.69) is 9.97 Å². The Morgan fingerprint density at radius 3 is 2.36 bits per heavy atom. The molecule has 0 bridgehead atoms. The van der Waals surface area contributed by atoms with Crippen LogP contribution in [0, 0.1) is 13.8 Å². The summed E-state index contributed by atoms with van der Waals surface area (Å²) in [5, 5.41) is 0. The summed E-state index contributed by atoms with van der Waals surface area (Å²) in [5.41, 5.74) is 0.918. The van der Waals surface area contributed by atoms with Gasteiger partial charge in [-0.3, -0.25) is 18.7 Å². The molecule has 1 aliphatic rings. The van der Waals surface area contributed by atoms with Crippen LogP contribution in [0.4, 0.5) is 0 Å². The zero-order chi connectivity index (χ0) is 18.3. The number of hydrogen-bond acceptors (Lipinski definition) is 5. The molecule has 0 unspecified atom stereocenters. The quantitative estimate of drug-likeness (QED) is 0.773. The van der Waals surface area contributed by atoms with E-state index in [4.69, 9.17) is 0 Å². The molecule has 1 aliphatic heterocycles. The van der Waals surface area contributed by atoms with Crippen LogP contribution in [0.3, 0.4) is 0 Å². The Hall–Kier alpha value is -2.77. The molecule has 0 spiro atoms. The van der Waals surface area contributed by atoms with Crippen molar-refractivity contribution >= 4 is 5.91 Å². The summed E-state index contributed by atoms with van der Waals surface area (Å²) in [5.74, 6) is 0.487. The summed E-state index contributed by atoms with van der Waals surface area (Å²) in [4.78, 5) is 47.3. The fourth-order valence-electron chi connectivity index (χ4n) is 3.19. The Morgan fingerprint density at radius 1 is 1.08 bits per heavy atom. The number of hydrogen-bond donors (Lipinski definition) is 0. The van der Waals surface area contributed by atoms with Gasteiger partial charge in [-0.15, -0.1) is 0 Å². The van der Waals surface area contributed by atoms with Gasteiger partial charge in [0, 0.05) is 50.6 Å². The van der Waals surface area contributed by atoms with E-state index in [1.54, 1.807) is 4.90 Å². The van der Waals surface area contributed by atoms with Gasteiger partial charge in [0.1, 0.15) is 11.5 Å². The predicted molar refractivity (Wildman–Crippen MR) is 91.7 cm³/mol. The lowest BCUT2D eigenvalue weighted by Gasteiger charge is -2.18. The third kappa shape index (κ3) is 3.11. The average molecular weight is 343 g/mol. The summed E-state index contributed by atoms with van der Waals surface area (Å²) in [6.07, 6.45) is 0.757. The van der Waals surface area contributed by atoms with Gasteiger partial charge in [-0.1, -0.05) is 0 Å². The van der Waals surface area contributed by atoms with Gasteiger partial charge in [0.2, 0.25) is 0 Å². The zero-order valence-corrected chi connectivity index (χ0v) is 14.8. The standard InChI is InChI=1S/C17H21N5O3/c1-10-7-11(2)19-15(18-10)12-5-6-22(9-12)16(24)13-8-14(23)21(4)17(25)20(13)3/h7-8,12H,5-6,9H2,1-4H3/t12-/m1/s1. The molecule has 3 heterocycles. The number of nitrogens with zero attached hydrogens (tertiary/aromatic N) is 5. The Labute approximate surface area is 144 Å². The molecule has 2 aromatic rings. The van der Waals surface area contributed by atoms with Crippen LogP contribution in [0.5, 0.6) is 0 Å². The first-order valence-electron chi connectivity index (χ1n) is 8.16. The Bertz CT molecular complexity index is 939. The van der Waals surface area contributed by atoms with Gasteiger partial charge in [-0.25, -0.2) is 14.8 Å². The third-order valence-corrected chi connectivity index (χ3v) is 4.59. The van der Waals surface area contributed by atoms with Crippen LogP contribution in [0.15, 0.2) is 21.7 Å². The molecule has 0 aromatic carbocycles. The van der Waals surface area contributed by atoms with Crippen molar-refractivity contribution in [1.29, 1.82) is 0 Å². The minimum Gasteiger partial charge on any atom is -0.337 e. The van der Waals surface area contributed by atoms with Crippen molar-refractivity contribution in [1.82, 2.24) is 24.0 Å². The van der Waals surface area contributed by atoms with Crippen molar-refractivity contribution in [2.75, 3.05) is 13.1 Å². The second-order valence-corrected chi connectivity index (χ2v) is 6.51. The number of aromatic nitrogens is 4. The normalized spacial score (nSPS) is 17.1. The van der Waals surface area contributed by atoms with E-state index in [0.29, 0.717) is 13.1 Å². The Kier molecular flexibility index (Phi) is 4.28. The summed E-state index contributed by atoms with van der Waals surface area (Å²) in [7, 11) is 2.89. The molecule has 0 aliphatic carbocycles. The number of carbonyl (C=O) groups is 1. The Morgan fingerprint density at radius 2 is 1.72 bits per heavy atom. The lowest BCUT2D eigenvalue weighted by molar-refractivity contribution is 0.0778. The predicted octanol–water partition coefficient (Wildman–Crippen LogP) is 0.121. The van der Waals surface area contributed by atoms with Gasteiger partial charge in [0.25, 0.3) is 11.5 Å². The maximum absolute atomic E-state index is 12.8. The van der Waals surface area contributed by atoms with Crippen LogP contribution in [0.2, 0.25) is 0 Å². The van der Waals surface area contributed by atoms with Gasteiger partial charge in [-0.2, -0.15) is 0 Å². The van der Waals surface area contributed by atoms with E-state index in [-0.39, 0.29) is 17.5 Å². The molecule has 1 atom stereocenters. The first-order valence-corrected chi connectivity index (χ1v) is 8.16. The van der Waals surface area contributed by atoms with Gasteiger partial charge in [0.05, 0.1) is 0 Å². The highest BCUT2D eigenvalue weighted by atomic mass is 16.2. The molecular weight excluding hydrogens is 322 g/mol. The number of likely N-dealkylation sites (tertiary alicyclic amines) is 1. The molecule has 1 amide bonds. The summed E-state index contributed by atoms with van der Waals surface area (Å²) >= 11 is 0. The molecule has 0 saturated carbocycles. The van der Waals surface area contributed by atoms with Crippen LogP contribution in [-0.2, 0) is 14.1 Å². The molecule has 132 valence electrons. The van der Waals surface area contributed by atoms with Gasteiger partial charge < -0.3 is 4.90 Å². The summed E-state index contributed by atoms with van der Waals surface area (Å²) in [6, 6.07) is 3.13. The van der Waals surface area contributed by atoms with E-state index < -0.39 is 11.2 Å². The smallest absolute Gasteiger partial charge is 0.331 e. The highest BCUT2D eigenvalue weighted by Crippen LogP contribution is 2.26. The van der Waals surface area contributed by atoms with Crippen LogP contribution in [0.1, 0.15) is 40.0 Å². The van der Waals surface area contributed by atoms with E-state index in [9.17, 15) is 14.4 Å². The minimum atomic E-state index is -0.510. The van der Waals surface area contributed by atoms with Crippen molar-refractivity contribution < 1.29 is 4.79 Å². The number of rotatable bonds is 2. The van der Waals surface area contributed by atoms with Gasteiger partial charge in [0.15, 0.2) is 0 Å². The van der Waals surface area contributed by atoms with Crippen LogP contribution < -0.4 is 11.2 Å². The first-order chi connectivity index (χ1) is 11.8. The fraction of sp³-hybridized carbons (Fsp3) is 0.471. The average Bonchev–Trinajstić information content (AvgIpc) is 3.05. The molecular formula is C17H21N5O3. The number of amides is 1. The molecule has 0 N–H and O–H groups in total. The van der Waals surface area contributed by atoms with Crippen molar-refractivity contribution in [2.45, 2.75) is 26.2 Å². The largest absolute Gasteiger partial charge is 0.337 e. The lowest BCUT2D eigenvalue weighted by Crippen LogP contribution is -2.42. The number of carbonyl (C=O) groups excluding carboxylic acids is 1. The minimum absolute atomic E-state index is 0.0612. The van der Waals surface area contributed by atoms with Crippen LogP contribution in [0.25, 0.3) is 0 Å². The third-order valence-electron chi connectivity index (χ3n) is 4.59. The van der Waals surface area contributed by atoms with Crippen LogP contribution in [-0.4, -0.2) is 43.0 Å². The van der Waals surface area contributed by atoms with Crippen molar-refractivity contribution in [3.63, 3.8) is 0 Å². The van der Waals surface area contributed by atoms with Crippen molar-refractivity contribution in [3.8, 4) is 0 Å². The highest BCUT2D eigenvalue weighted by molar-refractivity contribution is 5.92. The van der Waals surface area contributed by atoms with E-state index >= 15 is 0 Å². The Balaban J connectivity index is 1.86. The van der Waals surface area contributed by atoms with E-state index in [1.807, 2.05) is 19.9 Å². The van der Waals surface area contributed by atoms with Crippen LogP contribution >= 0.6 is 0 Å². The van der Waals surface area contributed by atoms with E-state index in [1.165, 1.54) is 24.7 Å². The molecule has 1 saturated heterocycles. The molecule has 25 heavy (non-hydrogen) atoms. The molecule has 0 radical (unpaired) electrons. The SMILES string of the molecule is Cc1cc(C)nc([C@@H]2CCN(C(=O)c3cc(=O)n(C)c(=O)n3C)C2)n1. The monoisotopic (exact) mass is 343 g/mol. The lowest BCUT2D eigenvalue weighted by atomic mass is 10.1. The maximum atomic E-state index is 12.8. The molecule has 2 aromatic heterocycles. The topological polar surface area (TPSA) is 90.1 Å². The number of aryl methyl sites for hydroxylation is 2. The highest BCUT2D eigenvalue weighted by Gasteiger charge is 2.31. The molecule has 3 rings (SSSR count). The molecule has 8 heteroatoms. The van der Waals surface area contributed by atoms with E-state index in [0.717, 1.165) is 28.2 Å². The van der Waals surface area contributed by atoms with Crippen molar-refractivity contribution in [2.24, 2.45) is 14.1 Å². The fourth-order valence-corrected chi connectivity index (χ4v) is 3.19. The van der Waals surface area contributed by atoms with Crippen molar-refractivity contribution in [3.05, 3.63) is 55.9 Å². The van der Waals surface area contributed by atoms with Gasteiger partial charge in [-0.05, 0) is 26.3 Å². The second-order valence-electron chi connectivity index (χ2n) is 6.51.